The van der Waals surface area contributed by atoms with E-state index in [0.29, 0.717) is 36.0 Å². The van der Waals surface area contributed by atoms with Gasteiger partial charge in [-0.05, 0) is 18.2 Å². The zero-order valence-electron chi connectivity index (χ0n) is 13.6. The van der Waals surface area contributed by atoms with Crippen molar-refractivity contribution in [2.75, 3.05) is 38.4 Å². The van der Waals surface area contributed by atoms with Crippen molar-refractivity contribution in [3.05, 3.63) is 23.8 Å². The van der Waals surface area contributed by atoms with Crippen molar-refractivity contribution < 1.29 is 18.9 Å². The van der Waals surface area contributed by atoms with Gasteiger partial charge in [0.25, 0.3) is 0 Å². The maximum Gasteiger partial charge on any atom is 0.222 e. The summed E-state index contributed by atoms with van der Waals surface area (Å²) in [5.74, 6) is 0.989. The van der Waals surface area contributed by atoms with Crippen LogP contribution in [0.2, 0.25) is 0 Å². The van der Waals surface area contributed by atoms with E-state index < -0.39 is 6.29 Å². The van der Waals surface area contributed by atoms with Gasteiger partial charge in [-0.15, -0.1) is 0 Å². The molecule has 1 aliphatic heterocycles. The van der Waals surface area contributed by atoms with Gasteiger partial charge >= 0.3 is 0 Å². The third kappa shape index (κ3) is 3.55. The van der Waals surface area contributed by atoms with Crippen molar-refractivity contribution in [2.24, 2.45) is 0 Å². The number of hydrogen-bond acceptors (Lipinski definition) is 9. The van der Waals surface area contributed by atoms with Gasteiger partial charge in [0.1, 0.15) is 24.1 Å². The number of anilines is 2. The summed E-state index contributed by atoms with van der Waals surface area (Å²) in [7, 11) is 1.53. The Hall–Kier alpha value is -3.09. The molecule has 0 radical (unpaired) electrons. The molecule has 1 aromatic carbocycles. The molecule has 1 saturated heterocycles. The lowest BCUT2D eigenvalue weighted by atomic mass is 10.1. The molecule has 0 unspecified atom stereocenters. The Balaban J connectivity index is 1.95. The zero-order chi connectivity index (χ0) is 17.8. The van der Waals surface area contributed by atoms with Crippen molar-refractivity contribution in [1.82, 2.24) is 9.97 Å². The third-order valence-corrected chi connectivity index (χ3v) is 3.57. The molecule has 0 amide bonds. The molecule has 2 heterocycles. The fraction of sp³-hybridized carbons (Fsp3) is 0.312. The average Bonchev–Trinajstić information content (AvgIpc) is 3.12. The summed E-state index contributed by atoms with van der Waals surface area (Å²) in [6.07, 6.45) is -0.423. The topological polar surface area (TPSA) is 139 Å². The van der Waals surface area contributed by atoms with Crippen molar-refractivity contribution in [3.8, 4) is 28.8 Å². The van der Waals surface area contributed by atoms with Gasteiger partial charge in [0.15, 0.2) is 17.8 Å². The predicted octanol–water partition coefficient (Wildman–Crippen LogP) is 0.940. The van der Waals surface area contributed by atoms with E-state index in [1.54, 1.807) is 18.2 Å². The molecule has 1 aliphatic rings. The lowest BCUT2D eigenvalue weighted by Crippen LogP contribution is -2.18. The number of nitrogens with two attached hydrogens (primary N) is 2. The highest BCUT2D eigenvalue weighted by Gasteiger charge is 2.19. The third-order valence-electron chi connectivity index (χ3n) is 3.57. The second-order valence-electron chi connectivity index (χ2n) is 5.15. The minimum absolute atomic E-state index is 0.0162. The summed E-state index contributed by atoms with van der Waals surface area (Å²) in [6, 6.07) is 7.12. The Morgan fingerprint density at radius 1 is 1.24 bits per heavy atom. The van der Waals surface area contributed by atoms with Crippen LogP contribution in [0.3, 0.4) is 0 Å². The van der Waals surface area contributed by atoms with E-state index in [1.807, 2.05) is 6.07 Å². The van der Waals surface area contributed by atoms with E-state index in [-0.39, 0.29) is 23.9 Å². The number of rotatable bonds is 5. The highest BCUT2D eigenvalue weighted by Crippen LogP contribution is 2.34. The molecule has 0 spiro atoms. The largest absolute Gasteiger partial charge is 0.493 e. The lowest BCUT2D eigenvalue weighted by molar-refractivity contribution is -0.0687. The van der Waals surface area contributed by atoms with Crippen LogP contribution in [-0.4, -0.2) is 43.2 Å². The molecule has 9 heteroatoms. The van der Waals surface area contributed by atoms with Crippen LogP contribution in [0.5, 0.6) is 11.5 Å². The Bertz CT molecular complexity index is 815. The summed E-state index contributed by atoms with van der Waals surface area (Å²) in [5.41, 5.74) is 12.5. The first kappa shape index (κ1) is 16.8. The SMILES string of the molecule is COc1ccc(-c2nc(N)nc(N)c2C#N)cc1OCC1OCCO1. The number of methoxy groups -OCH3 is 1. The van der Waals surface area contributed by atoms with E-state index >= 15 is 0 Å². The van der Waals surface area contributed by atoms with Gasteiger partial charge in [-0.25, -0.2) is 4.98 Å². The number of nitrogen functional groups attached to an aromatic ring is 2. The standard InChI is InChI=1S/C16H17N5O4/c1-22-11-3-2-9(6-12(11)25-8-13-23-4-5-24-13)14-10(7-17)15(18)21-16(19)20-14/h2-3,6,13H,4-5,8H2,1H3,(H4,18,19,20,21). The number of nitriles is 1. The summed E-state index contributed by atoms with van der Waals surface area (Å²) in [4.78, 5) is 7.94. The van der Waals surface area contributed by atoms with Gasteiger partial charge in [-0.1, -0.05) is 0 Å². The molecule has 1 aromatic heterocycles. The van der Waals surface area contributed by atoms with Crippen LogP contribution >= 0.6 is 0 Å². The molecule has 1 fully saturated rings. The number of ether oxygens (including phenoxy) is 4. The summed E-state index contributed by atoms with van der Waals surface area (Å²) in [5, 5.41) is 9.33. The fourth-order valence-corrected chi connectivity index (χ4v) is 2.41. The van der Waals surface area contributed by atoms with Gasteiger partial charge in [0.05, 0.1) is 26.0 Å². The second kappa shape index (κ2) is 7.21. The molecule has 2 aromatic rings. The smallest absolute Gasteiger partial charge is 0.222 e. The normalized spacial score (nSPS) is 14.2. The molecule has 0 saturated carbocycles. The molecular formula is C16H17N5O4. The first-order valence-corrected chi connectivity index (χ1v) is 7.50. The first-order chi connectivity index (χ1) is 12.1. The fourth-order valence-electron chi connectivity index (χ4n) is 2.41. The maximum absolute atomic E-state index is 9.33. The summed E-state index contributed by atoms with van der Waals surface area (Å²) >= 11 is 0. The van der Waals surface area contributed by atoms with Crippen LogP contribution in [-0.2, 0) is 9.47 Å². The van der Waals surface area contributed by atoms with Gasteiger partial charge < -0.3 is 30.4 Å². The molecular weight excluding hydrogens is 326 g/mol. The van der Waals surface area contributed by atoms with E-state index in [2.05, 4.69) is 9.97 Å². The van der Waals surface area contributed by atoms with E-state index in [0.717, 1.165) is 0 Å². The van der Waals surface area contributed by atoms with Crippen molar-refractivity contribution in [2.45, 2.75) is 6.29 Å². The van der Waals surface area contributed by atoms with Gasteiger partial charge in [-0.3, -0.25) is 0 Å². The molecule has 130 valence electrons. The van der Waals surface area contributed by atoms with Crippen LogP contribution in [0.15, 0.2) is 18.2 Å². The van der Waals surface area contributed by atoms with E-state index in [1.165, 1.54) is 7.11 Å². The Morgan fingerprint density at radius 2 is 2.00 bits per heavy atom. The van der Waals surface area contributed by atoms with Gasteiger partial charge in [0.2, 0.25) is 5.95 Å². The minimum Gasteiger partial charge on any atom is -0.493 e. The molecule has 4 N–H and O–H groups in total. The van der Waals surface area contributed by atoms with Crippen LogP contribution in [0, 0.1) is 11.3 Å². The summed E-state index contributed by atoms with van der Waals surface area (Å²) in [6.45, 7) is 1.28. The van der Waals surface area contributed by atoms with Crippen molar-refractivity contribution in [3.63, 3.8) is 0 Å². The molecule has 0 atom stereocenters. The molecule has 0 aliphatic carbocycles. The molecule has 25 heavy (non-hydrogen) atoms. The molecule has 3 rings (SSSR count). The molecule has 9 nitrogen and oxygen atoms in total. The second-order valence-corrected chi connectivity index (χ2v) is 5.15. The average molecular weight is 343 g/mol. The minimum atomic E-state index is -0.423. The Kier molecular flexibility index (Phi) is 4.83. The van der Waals surface area contributed by atoms with Crippen LogP contribution in [0.4, 0.5) is 11.8 Å². The number of aromatic nitrogens is 2. The number of benzene rings is 1. The zero-order valence-corrected chi connectivity index (χ0v) is 13.6. The van der Waals surface area contributed by atoms with Gasteiger partial charge in [0, 0.05) is 5.56 Å². The maximum atomic E-state index is 9.33. The van der Waals surface area contributed by atoms with Crippen LogP contribution in [0.1, 0.15) is 5.56 Å². The number of hydrogen-bond donors (Lipinski definition) is 2. The number of nitrogens with zero attached hydrogens (tertiary/aromatic N) is 3. The van der Waals surface area contributed by atoms with Gasteiger partial charge in [-0.2, -0.15) is 10.2 Å². The lowest BCUT2D eigenvalue weighted by Gasteiger charge is -2.15. The summed E-state index contributed by atoms with van der Waals surface area (Å²) < 4.78 is 21.7. The highest BCUT2D eigenvalue weighted by molar-refractivity contribution is 5.74. The Labute approximate surface area is 144 Å². The van der Waals surface area contributed by atoms with E-state index in [9.17, 15) is 5.26 Å². The molecule has 0 bridgehead atoms. The predicted molar refractivity (Wildman–Crippen MR) is 88.7 cm³/mol. The Morgan fingerprint density at radius 3 is 2.68 bits per heavy atom. The first-order valence-electron chi connectivity index (χ1n) is 7.50. The van der Waals surface area contributed by atoms with Crippen LogP contribution < -0.4 is 20.9 Å². The highest BCUT2D eigenvalue weighted by atomic mass is 16.7. The quantitative estimate of drug-likeness (QED) is 0.811. The van der Waals surface area contributed by atoms with E-state index in [4.69, 9.17) is 30.4 Å². The van der Waals surface area contributed by atoms with Crippen LogP contribution in [0.25, 0.3) is 11.3 Å². The monoisotopic (exact) mass is 343 g/mol. The van der Waals surface area contributed by atoms with Crippen molar-refractivity contribution in [1.29, 1.82) is 5.26 Å². The van der Waals surface area contributed by atoms with Crippen molar-refractivity contribution >= 4 is 11.8 Å².